The minimum absolute atomic E-state index is 0.111. The van der Waals surface area contributed by atoms with Gasteiger partial charge in [-0.2, -0.15) is 0 Å². The van der Waals surface area contributed by atoms with Crippen LogP contribution < -0.4 is 0 Å². The molecule has 0 saturated carbocycles. The van der Waals surface area contributed by atoms with E-state index >= 15 is 0 Å². The number of nitrogens with zero attached hydrogens (tertiary/aromatic N) is 3. The van der Waals surface area contributed by atoms with Crippen molar-refractivity contribution in [2.24, 2.45) is 0 Å². The first-order valence-electron chi connectivity index (χ1n) is 6.64. The van der Waals surface area contributed by atoms with Crippen LogP contribution in [0.1, 0.15) is 13.2 Å². The molecule has 2 aromatic rings. The molecule has 1 unspecified atom stereocenters. The van der Waals surface area contributed by atoms with Gasteiger partial charge >= 0.3 is 0 Å². The minimum atomic E-state index is -1.67. The van der Waals surface area contributed by atoms with Gasteiger partial charge in [0.15, 0.2) is 6.23 Å². The highest BCUT2D eigenvalue weighted by atomic mass is 16.6. The maximum absolute atomic E-state index is 11.0. The minimum Gasteiger partial charge on any atom is -0.394 e. The van der Waals surface area contributed by atoms with Gasteiger partial charge in [0, 0.05) is 18.5 Å². The van der Waals surface area contributed by atoms with Crippen LogP contribution in [0.3, 0.4) is 0 Å². The molecule has 2 aromatic heterocycles. The molecule has 0 spiro atoms. The van der Waals surface area contributed by atoms with Gasteiger partial charge in [-0.1, -0.05) is 0 Å². The number of aliphatic hydroxyl groups excluding tert-OH is 2. The summed E-state index contributed by atoms with van der Waals surface area (Å²) in [6, 6.07) is 2.78. The van der Waals surface area contributed by atoms with Crippen LogP contribution in [0.15, 0.2) is 24.5 Å². The predicted molar refractivity (Wildman–Crippen MR) is 74.0 cm³/mol. The highest BCUT2D eigenvalue weighted by Gasteiger charge is 2.53. The molecule has 4 atom stereocenters. The van der Waals surface area contributed by atoms with Crippen LogP contribution in [0, 0.1) is 10.1 Å². The van der Waals surface area contributed by atoms with Crippen LogP contribution in [0.4, 0.5) is 5.69 Å². The van der Waals surface area contributed by atoms with Gasteiger partial charge < -0.3 is 24.6 Å². The first-order valence-corrected chi connectivity index (χ1v) is 6.64. The van der Waals surface area contributed by atoms with E-state index in [1.165, 1.54) is 36.0 Å². The second kappa shape index (κ2) is 4.99. The van der Waals surface area contributed by atoms with Gasteiger partial charge in [-0.25, -0.2) is 4.98 Å². The van der Waals surface area contributed by atoms with Crippen LogP contribution in [-0.4, -0.2) is 54.2 Å². The topological polar surface area (TPSA) is 131 Å². The molecule has 9 nitrogen and oxygen atoms in total. The third kappa shape index (κ3) is 1.98. The maximum Gasteiger partial charge on any atom is 0.281 e. The molecular weight excluding hydrogens is 294 g/mol. The van der Waals surface area contributed by atoms with Crippen molar-refractivity contribution in [2.75, 3.05) is 6.61 Å². The largest absolute Gasteiger partial charge is 0.394 e. The number of hydrogen-bond acceptors (Lipinski definition) is 7. The van der Waals surface area contributed by atoms with E-state index in [0.717, 1.165) is 0 Å². The van der Waals surface area contributed by atoms with Crippen molar-refractivity contribution in [3.8, 4) is 0 Å². The summed E-state index contributed by atoms with van der Waals surface area (Å²) in [5.41, 5.74) is -1.53. The van der Waals surface area contributed by atoms with Gasteiger partial charge in [0.2, 0.25) is 0 Å². The molecular formula is C13H15N3O6. The summed E-state index contributed by atoms with van der Waals surface area (Å²) in [6.45, 7) is 0.918. The molecule has 9 heteroatoms. The van der Waals surface area contributed by atoms with Gasteiger partial charge in [0.25, 0.3) is 5.69 Å². The zero-order valence-electron chi connectivity index (χ0n) is 11.7. The van der Waals surface area contributed by atoms with Crippen LogP contribution >= 0.6 is 0 Å². The summed E-state index contributed by atoms with van der Waals surface area (Å²) in [4.78, 5) is 14.6. The molecule has 118 valence electrons. The van der Waals surface area contributed by atoms with E-state index in [1.807, 2.05) is 0 Å². The Labute approximate surface area is 124 Å². The van der Waals surface area contributed by atoms with Crippen LogP contribution in [0.25, 0.3) is 11.0 Å². The van der Waals surface area contributed by atoms with Crippen molar-refractivity contribution in [3.05, 3.63) is 34.6 Å². The van der Waals surface area contributed by atoms with Crippen molar-refractivity contribution in [2.45, 2.75) is 31.0 Å². The first kappa shape index (κ1) is 14.9. The Morgan fingerprint density at radius 3 is 2.86 bits per heavy atom. The van der Waals surface area contributed by atoms with E-state index in [-0.39, 0.29) is 11.3 Å². The number of nitro groups is 1. The predicted octanol–water partition coefficient (Wildman–Crippen LogP) is -0.0539. The quantitative estimate of drug-likeness (QED) is 0.535. The molecule has 0 aliphatic carbocycles. The van der Waals surface area contributed by atoms with Crippen molar-refractivity contribution in [1.82, 2.24) is 9.55 Å². The third-order valence-corrected chi connectivity index (χ3v) is 3.98. The van der Waals surface area contributed by atoms with E-state index in [0.29, 0.717) is 5.39 Å². The second-order valence-corrected chi connectivity index (χ2v) is 5.43. The molecule has 3 heterocycles. The fourth-order valence-electron chi connectivity index (χ4n) is 2.78. The molecule has 1 aliphatic rings. The van der Waals surface area contributed by atoms with Crippen molar-refractivity contribution in [3.63, 3.8) is 0 Å². The van der Waals surface area contributed by atoms with Crippen molar-refractivity contribution < 1.29 is 25.0 Å². The smallest absolute Gasteiger partial charge is 0.281 e. The lowest BCUT2D eigenvalue weighted by Gasteiger charge is -2.27. The van der Waals surface area contributed by atoms with E-state index < -0.39 is 35.6 Å². The summed E-state index contributed by atoms with van der Waals surface area (Å²) in [5.74, 6) is 0. The number of ether oxygens (including phenoxy) is 1. The highest BCUT2D eigenvalue weighted by molar-refractivity contribution is 5.86. The van der Waals surface area contributed by atoms with Gasteiger partial charge in [-0.15, -0.1) is 0 Å². The zero-order valence-corrected chi connectivity index (χ0v) is 11.7. The summed E-state index contributed by atoms with van der Waals surface area (Å²) >= 11 is 0. The summed E-state index contributed by atoms with van der Waals surface area (Å²) < 4.78 is 6.91. The lowest BCUT2D eigenvalue weighted by atomic mass is 9.96. The average molecular weight is 309 g/mol. The zero-order chi connectivity index (χ0) is 16.1. The van der Waals surface area contributed by atoms with E-state index in [9.17, 15) is 25.4 Å². The molecule has 3 rings (SSSR count). The molecule has 0 bridgehead atoms. The molecule has 0 radical (unpaired) electrons. The number of hydrogen-bond donors (Lipinski definition) is 3. The third-order valence-electron chi connectivity index (χ3n) is 3.98. The van der Waals surface area contributed by atoms with Crippen molar-refractivity contribution >= 4 is 16.7 Å². The molecule has 0 amide bonds. The maximum atomic E-state index is 11.0. The molecule has 1 aliphatic heterocycles. The standard InChI is InChI=1S/C13H15N3O6/c1-13(19)10(18)9(6-17)22-12(13)15-5-3-7-8(16(20)21)2-4-14-11(7)15/h2-5,9-10,12,17-19H,6H2,1H3/t9-,10-,12-,13?/m1/s1. The van der Waals surface area contributed by atoms with Gasteiger partial charge in [-0.05, 0) is 13.0 Å². The molecule has 0 aromatic carbocycles. The van der Waals surface area contributed by atoms with Gasteiger partial charge in [0.05, 0.1) is 16.9 Å². The van der Waals surface area contributed by atoms with Crippen LogP contribution in [0.5, 0.6) is 0 Å². The number of rotatable bonds is 3. The number of aromatic nitrogens is 2. The fraction of sp³-hybridized carbons (Fsp3) is 0.462. The summed E-state index contributed by atoms with van der Waals surface area (Å²) in [7, 11) is 0. The summed E-state index contributed by atoms with van der Waals surface area (Å²) in [5, 5.41) is 41.0. The van der Waals surface area contributed by atoms with Crippen LogP contribution in [0.2, 0.25) is 0 Å². The van der Waals surface area contributed by atoms with E-state index in [1.54, 1.807) is 0 Å². The van der Waals surface area contributed by atoms with Crippen molar-refractivity contribution in [1.29, 1.82) is 0 Å². The number of fused-ring (bicyclic) bond motifs is 1. The van der Waals surface area contributed by atoms with Gasteiger partial charge in [-0.3, -0.25) is 10.1 Å². The normalized spacial score (nSPS) is 31.7. The Morgan fingerprint density at radius 2 is 2.27 bits per heavy atom. The molecule has 22 heavy (non-hydrogen) atoms. The average Bonchev–Trinajstić information content (AvgIpc) is 2.99. The second-order valence-electron chi connectivity index (χ2n) is 5.43. The summed E-state index contributed by atoms with van der Waals surface area (Å²) in [6.07, 6.45) is -0.474. The number of pyridine rings is 1. The Kier molecular flexibility index (Phi) is 3.37. The lowest BCUT2D eigenvalue weighted by Crippen LogP contribution is -2.44. The van der Waals surface area contributed by atoms with E-state index in [2.05, 4.69) is 4.98 Å². The Morgan fingerprint density at radius 1 is 1.55 bits per heavy atom. The molecule has 1 saturated heterocycles. The number of aliphatic hydroxyl groups is 3. The Balaban J connectivity index is 2.12. The molecule has 1 fully saturated rings. The first-order chi connectivity index (χ1) is 10.4. The van der Waals surface area contributed by atoms with Crippen LogP contribution in [-0.2, 0) is 4.74 Å². The van der Waals surface area contributed by atoms with E-state index in [4.69, 9.17) is 4.74 Å². The lowest BCUT2D eigenvalue weighted by molar-refractivity contribution is -0.383. The molecule has 3 N–H and O–H groups in total. The Bertz CT molecular complexity index is 728. The fourth-order valence-corrected chi connectivity index (χ4v) is 2.78. The van der Waals surface area contributed by atoms with Gasteiger partial charge in [0.1, 0.15) is 23.5 Å². The SMILES string of the molecule is CC1(O)[C@H](O)[C@@H](CO)O[C@H]1n1ccc2c([N+](=O)[O-])ccnc21. The monoisotopic (exact) mass is 309 g/mol. The Hall–Kier alpha value is -2.07. The highest BCUT2D eigenvalue weighted by Crippen LogP contribution is 2.40.